The van der Waals surface area contributed by atoms with Gasteiger partial charge in [0.2, 0.25) is 6.54 Å². The number of benzene rings is 1. The molecule has 0 heterocycles. The van der Waals surface area contributed by atoms with Crippen molar-refractivity contribution in [3.8, 4) is 0 Å². The lowest BCUT2D eigenvalue weighted by atomic mass is 9.71. The van der Waals surface area contributed by atoms with Crippen LogP contribution in [0.15, 0.2) is 30.3 Å². The molecule has 1 fully saturated rings. The van der Waals surface area contributed by atoms with Crippen molar-refractivity contribution in [3.05, 3.63) is 46.0 Å². The molecule has 1 unspecified atom stereocenters. The minimum absolute atomic E-state index is 0.164. The number of carbonyl (C=O) groups is 1. The lowest BCUT2D eigenvalue weighted by Crippen LogP contribution is -2.32. The third kappa shape index (κ3) is 2.42. The van der Waals surface area contributed by atoms with Gasteiger partial charge in [-0.15, -0.1) is 0 Å². The van der Waals surface area contributed by atoms with E-state index in [1.54, 1.807) is 0 Å². The van der Waals surface area contributed by atoms with Gasteiger partial charge in [0.15, 0.2) is 0 Å². The summed E-state index contributed by atoms with van der Waals surface area (Å²) in [6.45, 7) is -0.164. The first-order chi connectivity index (χ1) is 8.68. The number of carbonyl (C=O) groups excluding carboxylic acids is 1. The fourth-order valence-corrected chi connectivity index (χ4v) is 3.04. The lowest BCUT2D eigenvalue weighted by Gasteiger charge is -2.30. The average Bonchev–Trinajstić information content (AvgIpc) is 2.86. The van der Waals surface area contributed by atoms with Gasteiger partial charge in [-0.25, -0.2) is 0 Å². The van der Waals surface area contributed by atoms with Gasteiger partial charge in [-0.1, -0.05) is 43.2 Å². The Morgan fingerprint density at radius 1 is 1.28 bits per heavy atom. The molecule has 1 atom stereocenters. The van der Waals surface area contributed by atoms with Crippen molar-refractivity contribution < 1.29 is 9.72 Å². The van der Waals surface area contributed by atoms with E-state index in [1.165, 1.54) is 0 Å². The molecule has 1 aromatic carbocycles. The molecule has 1 aliphatic rings. The number of nitrogens with zero attached hydrogens (tertiary/aromatic N) is 1. The van der Waals surface area contributed by atoms with Crippen LogP contribution in [0.5, 0.6) is 0 Å². The third-order valence-electron chi connectivity index (χ3n) is 4.00. The van der Waals surface area contributed by atoms with Crippen molar-refractivity contribution in [2.45, 2.75) is 31.6 Å². The Morgan fingerprint density at radius 2 is 1.89 bits per heavy atom. The maximum atomic E-state index is 11.5. The standard InChI is InChI=1S/C14H17NO3/c16-11-14(8-4-5-9-14)13(10-15(17)18)12-6-2-1-3-7-12/h1-3,6-7,11,13H,4-5,8-10H2. The van der Waals surface area contributed by atoms with Crippen LogP contribution in [0.1, 0.15) is 37.2 Å². The molecule has 0 aromatic heterocycles. The van der Waals surface area contributed by atoms with Crippen LogP contribution in [0, 0.1) is 15.5 Å². The minimum Gasteiger partial charge on any atom is -0.303 e. The smallest absolute Gasteiger partial charge is 0.211 e. The van der Waals surface area contributed by atoms with Gasteiger partial charge >= 0.3 is 0 Å². The van der Waals surface area contributed by atoms with Crippen molar-refractivity contribution in [2.24, 2.45) is 5.41 Å². The summed E-state index contributed by atoms with van der Waals surface area (Å²) in [6, 6.07) is 9.40. The van der Waals surface area contributed by atoms with E-state index in [-0.39, 0.29) is 17.4 Å². The Balaban J connectivity index is 2.35. The van der Waals surface area contributed by atoms with Crippen LogP contribution < -0.4 is 0 Å². The number of hydrogen-bond acceptors (Lipinski definition) is 3. The van der Waals surface area contributed by atoms with Crippen LogP contribution in [-0.4, -0.2) is 17.8 Å². The van der Waals surface area contributed by atoms with E-state index in [4.69, 9.17) is 0 Å². The maximum absolute atomic E-state index is 11.5. The molecule has 0 N–H and O–H groups in total. The van der Waals surface area contributed by atoms with Gasteiger partial charge < -0.3 is 4.79 Å². The highest BCUT2D eigenvalue weighted by Crippen LogP contribution is 2.47. The maximum Gasteiger partial charge on any atom is 0.211 e. The van der Waals surface area contributed by atoms with Crippen LogP contribution >= 0.6 is 0 Å². The quantitative estimate of drug-likeness (QED) is 0.456. The Labute approximate surface area is 106 Å². The van der Waals surface area contributed by atoms with E-state index in [0.717, 1.165) is 37.5 Å². The summed E-state index contributed by atoms with van der Waals surface area (Å²) in [5, 5.41) is 10.9. The molecule has 4 heteroatoms. The molecule has 0 saturated heterocycles. The van der Waals surface area contributed by atoms with Crippen LogP contribution in [0.2, 0.25) is 0 Å². The summed E-state index contributed by atoms with van der Waals surface area (Å²) in [7, 11) is 0. The zero-order valence-corrected chi connectivity index (χ0v) is 10.2. The van der Waals surface area contributed by atoms with Crippen LogP contribution in [0.25, 0.3) is 0 Å². The number of nitro groups is 1. The second kappa shape index (κ2) is 5.29. The van der Waals surface area contributed by atoms with Gasteiger partial charge in [0.25, 0.3) is 0 Å². The first-order valence-corrected chi connectivity index (χ1v) is 6.31. The van der Waals surface area contributed by atoms with Crippen molar-refractivity contribution in [3.63, 3.8) is 0 Å². The lowest BCUT2D eigenvalue weighted by molar-refractivity contribution is -0.485. The zero-order chi connectivity index (χ0) is 13.0. The van der Waals surface area contributed by atoms with Crippen molar-refractivity contribution in [1.82, 2.24) is 0 Å². The van der Waals surface area contributed by atoms with Crippen LogP contribution in [0.3, 0.4) is 0 Å². The highest BCUT2D eigenvalue weighted by atomic mass is 16.6. The van der Waals surface area contributed by atoms with Crippen molar-refractivity contribution in [1.29, 1.82) is 0 Å². The Morgan fingerprint density at radius 3 is 2.39 bits per heavy atom. The largest absolute Gasteiger partial charge is 0.303 e. The predicted molar refractivity (Wildman–Crippen MR) is 68.0 cm³/mol. The van der Waals surface area contributed by atoms with Gasteiger partial charge in [-0.2, -0.15) is 0 Å². The number of aldehydes is 1. The molecule has 18 heavy (non-hydrogen) atoms. The summed E-state index contributed by atoms with van der Waals surface area (Å²) < 4.78 is 0. The van der Waals surface area contributed by atoms with E-state index in [2.05, 4.69) is 0 Å². The summed E-state index contributed by atoms with van der Waals surface area (Å²) >= 11 is 0. The number of rotatable bonds is 5. The molecule has 1 aliphatic carbocycles. The fourth-order valence-electron chi connectivity index (χ4n) is 3.04. The normalized spacial score (nSPS) is 19.3. The molecule has 0 spiro atoms. The van der Waals surface area contributed by atoms with Gasteiger partial charge in [0, 0.05) is 10.3 Å². The SMILES string of the molecule is O=CC1(C(C[N+](=O)[O-])c2ccccc2)CCCC1. The van der Waals surface area contributed by atoms with Crippen molar-refractivity contribution in [2.75, 3.05) is 6.54 Å². The first kappa shape index (κ1) is 12.7. The van der Waals surface area contributed by atoms with Crippen LogP contribution in [-0.2, 0) is 4.79 Å². The molecule has 0 radical (unpaired) electrons. The zero-order valence-electron chi connectivity index (χ0n) is 10.2. The molecule has 0 amide bonds. The molecule has 96 valence electrons. The Hall–Kier alpha value is -1.71. The molecule has 2 rings (SSSR count). The molecule has 4 nitrogen and oxygen atoms in total. The van der Waals surface area contributed by atoms with E-state index < -0.39 is 5.41 Å². The number of hydrogen-bond donors (Lipinski definition) is 0. The Bertz CT molecular complexity index is 424. The molecular formula is C14H17NO3. The fraction of sp³-hybridized carbons (Fsp3) is 0.500. The average molecular weight is 247 g/mol. The Kier molecular flexibility index (Phi) is 3.75. The van der Waals surface area contributed by atoms with E-state index >= 15 is 0 Å². The molecule has 0 aliphatic heterocycles. The second-order valence-electron chi connectivity index (χ2n) is 5.04. The predicted octanol–water partition coefficient (Wildman–Crippen LogP) is 2.81. The minimum atomic E-state index is -0.533. The topological polar surface area (TPSA) is 60.2 Å². The molecule has 0 bridgehead atoms. The van der Waals surface area contributed by atoms with E-state index in [0.29, 0.717) is 0 Å². The van der Waals surface area contributed by atoms with E-state index in [9.17, 15) is 14.9 Å². The highest BCUT2D eigenvalue weighted by molar-refractivity contribution is 5.62. The highest BCUT2D eigenvalue weighted by Gasteiger charge is 2.44. The molecule has 1 saturated carbocycles. The van der Waals surface area contributed by atoms with Gasteiger partial charge in [0.1, 0.15) is 6.29 Å². The van der Waals surface area contributed by atoms with Crippen LogP contribution in [0.4, 0.5) is 0 Å². The van der Waals surface area contributed by atoms with Gasteiger partial charge in [0.05, 0.1) is 5.92 Å². The van der Waals surface area contributed by atoms with Gasteiger partial charge in [-0.3, -0.25) is 10.1 Å². The second-order valence-corrected chi connectivity index (χ2v) is 5.04. The molecule has 1 aromatic rings. The van der Waals surface area contributed by atoms with Crippen molar-refractivity contribution >= 4 is 6.29 Å². The van der Waals surface area contributed by atoms with Gasteiger partial charge in [-0.05, 0) is 18.4 Å². The summed E-state index contributed by atoms with van der Waals surface area (Å²) in [5.41, 5.74) is 0.372. The summed E-state index contributed by atoms with van der Waals surface area (Å²) in [5.74, 6) is -0.298. The summed E-state index contributed by atoms with van der Waals surface area (Å²) in [4.78, 5) is 22.1. The monoisotopic (exact) mass is 247 g/mol. The third-order valence-corrected chi connectivity index (χ3v) is 4.00. The van der Waals surface area contributed by atoms with E-state index in [1.807, 2.05) is 30.3 Å². The summed E-state index contributed by atoms with van der Waals surface area (Å²) in [6.07, 6.45) is 4.47. The molecular weight excluding hydrogens is 230 g/mol. The first-order valence-electron chi connectivity index (χ1n) is 6.31.